The van der Waals surface area contributed by atoms with E-state index in [-0.39, 0.29) is 18.4 Å². The quantitative estimate of drug-likeness (QED) is 0.402. The highest BCUT2D eigenvalue weighted by molar-refractivity contribution is 5.96. The number of rotatable bonds is 10. The van der Waals surface area contributed by atoms with Crippen LogP contribution in [0.1, 0.15) is 56.2 Å². The molecule has 1 N–H and O–H groups in total. The summed E-state index contributed by atoms with van der Waals surface area (Å²) in [6, 6.07) is 12.9. The Balaban J connectivity index is 2.00. The van der Waals surface area contributed by atoms with Crippen molar-refractivity contribution in [1.82, 2.24) is 0 Å². The van der Waals surface area contributed by atoms with E-state index in [0.717, 1.165) is 16.8 Å². The van der Waals surface area contributed by atoms with Crippen molar-refractivity contribution in [1.29, 1.82) is 5.26 Å². The molecule has 0 heterocycles. The van der Waals surface area contributed by atoms with Crippen molar-refractivity contribution in [2.75, 3.05) is 25.6 Å². The van der Waals surface area contributed by atoms with E-state index in [0.29, 0.717) is 17.1 Å². The second-order valence-electron chi connectivity index (χ2n) is 7.97. The van der Waals surface area contributed by atoms with Crippen LogP contribution in [0.15, 0.2) is 42.5 Å². The molecule has 33 heavy (non-hydrogen) atoms. The Kier molecular flexibility index (Phi) is 9.49. The molecule has 0 aliphatic heterocycles. The minimum Gasteiger partial charge on any atom is -0.493 e. The summed E-state index contributed by atoms with van der Waals surface area (Å²) in [7, 11) is 1.48. The zero-order valence-corrected chi connectivity index (χ0v) is 19.7. The van der Waals surface area contributed by atoms with E-state index in [1.165, 1.54) is 13.2 Å². The van der Waals surface area contributed by atoms with Gasteiger partial charge in [0, 0.05) is 11.8 Å². The number of amides is 1. The summed E-state index contributed by atoms with van der Waals surface area (Å²) < 4.78 is 15.6. The molecule has 1 amide bonds. The summed E-state index contributed by atoms with van der Waals surface area (Å²) >= 11 is 0. The van der Waals surface area contributed by atoms with Crippen molar-refractivity contribution in [3.8, 4) is 17.6 Å². The molecule has 0 spiro atoms. The van der Waals surface area contributed by atoms with Gasteiger partial charge in [0.1, 0.15) is 6.07 Å². The van der Waals surface area contributed by atoms with Gasteiger partial charge in [-0.05, 0) is 46.7 Å². The van der Waals surface area contributed by atoms with E-state index >= 15 is 0 Å². The zero-order chi connectivity index (χ0) is 24.4. The molecule has 0 aromatic heterocycles. The predicted molar refractivity (Wildman–Crippen MR) is 127 cm³/mol. The molecule has 2 rings (SSSR count). The predicted octanol–water partition coefficient (Wildman–Crippen LogP) is 5.04. The number of nitriles is 1. The van der Waals surface area contributed by atoms with Crippen molar-refractivity contribution in [3.05, 3.63) is 59.2 Å². The summed E-state index contributed by atoms with van der Waals surface area (Å²) in [5.41, 5.74) is 3.53. The van der Waals surface area contributed by atoms with Gasteiger partial charge in [0.15, 0.2) is 24.7 Å². The molecule has 2 aromatic carbocycles. The average molecular weight is 451 g/mol. The molecule has 0 aliphatic rings. The van der Waals surface area contributed by atoms with Crippen LogP contribution in [0.4, 0.5) is 5.69 Å². The molecule has 0 radical (unpaired) electrons. The number of nitrogens with one attached hydrogen (secondary N) is 1. The van der Waals surface area contributed by atoms with Crippen molar-refractivity contribution < 1.29 is 23.8 Å². The maximum Gasteiger partial charge on any atom is 0.331 e. The first-order valence-electron chi connectivity index (χ1n) is 10.7. The molecule has 0 saturated heterocycles. The van der Waals surface area contributed by atoms with Gasteiger partial charge in [-0.15, -0.1) is 0 Å². The number of anilines is 1. The molecule has 0 atom stereocenters. The van der Waals surface area contributed by atoms with Crippen LogP contribution in [0.25, 0.3) is 6.08 Å². The van der Waals surface area contributed by atoms with E-state index in [4.69, 9.17) is 19.5 Å². The highest BCUT2D eigenvalue weighted by Gasteiger charge is 2.16. The minimum absolute atomic E-state index is 0.0970. The van der Waals surface area contributed by atoms with Gasteiger partial charge in [-0.2, -0.15) is 5.26 Å². The maximum atomic E-state index is 12.5. The summed E-state index contributed by atoms with van der Waals surface area (Å²) in [6.07, 6.45) is 2.78. The summed E-state index contributed by atoms with van der Waals surface area (Å²) in [5.74, 6) is 0.293. The standard InChI is InChI=1S/C26H30N2O5/c1-17(2)20-7-6-8-21(18(3)4)26(20)28-24(29)16-33-25(30)12-10-19-9-11-22(32-14-13-27)23(15-19)31-5/h6-12,15,17-18H,14,16H2,1-5H3,(H,28,29)/b12-10+. The van der Waals surface area contributed by atoms with Crippen LogP contribution in [-0.2, 0) is 14.3 Å². The molecule has 0 aliphatic carbocycles. The number of nitrogens with zero attached hydrogens (tertiary/aromatic N) is 1. The van der Waals surface area contributed by atoms with E-state index in [9.17, 15) is 9.59 Å². The van der Waals surface area contributed by atoms with Gasteiger partial charge in [-0.25, -0.2) is 4.79 Å². The van der Waals surface area contributed by atoms with Gasteiger partial charge in [-0.3, -0.25) is 4.79 Å². The highest BCUT2D eigenvalue weighted by Crippen LogP contribution is 2.32. The first-order chi connectivity index (χ1) is 15.8. The Morgan fingerprint density at radius 1 is 1.06 bits per heavy atom. The maximum absolute atomic E-state index is 12.5. The third-order valence-electron chi connectivity index (χ3n) is 4.87. The van der Waals surface area contributed by atoms with Gasteiger partial charge < -0.3 is 19.5 Å². The topological polar surface area (TPSA) is 97.7 Å². The van der Waals surface area contributed by atoms with Crippen LogP contribution in [0.3, 0.4) is 0 Å². The van der Waals surface area contributed by atoms with Crippen LogP contribution in [-0.4, -0.2) is 32.2 Å². The first-order valence-corrected chi connectivity index (χ1v) is 10.7. The lowest BCUT2D eigenvalue weighted by Crippen LogP contribution is -2.22. The SMILES string of the molecule is COc1cc(/C=C/C(=O)OCC(=O)Nc2c(C(C)C)cccc2C(C)C)ccc1OCC#N. The number of esters is 1. The first kappa shape index (κ1) is 25.5. The van der Waals surface area contributed by atoms with Crippen LogP contribution in [0, 0.1) is 11.3 Å². The Morgan fingerprint density at radius 3 is 2.30 bits per heavy atom. The fourth-order valence-corrected chi connectivity index (χ4v) is 3.24. The Bertz CT molecular complexity index is 1020. The van der Waals surface area contributed by atoms with Gasteiger partial charge in [0.05, 0.1) is 7.11 Å². The lowest BCUT2D eigenvalue weighted by atomic mass is 9.92. The Hall–Kier alpha value is -3.79. The Labute approximate surface area is 195 Å². The van der Waals surface area contributed by atoms with E-state index < -0.39 is 18.5 Å². The summed E-state index contributed by atoms with van der Waals surface area (Å²) in [4.78, 5) is 24.6. The number of hydrogen-bond donors (Lipinski definition) is 1. The number of methoxy groups -OCH3 is 1. The third-order valence-corrected chi connectivity index (χ3v) is 4.87. The molecule has 0 fully saturated rings. The van der Waals surface area contributed by atoms with Gasteiger partial charge in [0.25, 0.3) is 5.91 Å². The third kappa shape index (κ3) is 7.39. The second kappa shape index (κ2) is 12.3. The van der Waals surface area contributed by atoms with Crippen molar-refractivity contribution in [2.24, 2.45) is 0 Å². The smallest absolute Gasteiger partial charge is 0.331 e. The number of para-hydroxylation sites is 1. The van der Waals surface area contributed by atoms with E-state index in [1.54, 1.807) is 24.3 Å². The molecule has 174 valence electrons. The Morgan fingerprint density at radius 2 is 1.73 bits per heavy atom. The lowest BCUT2D eigenvalue weighted by molar-refractivity contribution is -0.142. The van der Waals surface area contributed by atoms with Gasteiger partial charge >= 0.3 is 5.97 Å². The van der Waals surface area contributed by atoms with Gasteiger partial charge in [0.2, 0.25) is 0 Å². The molecule has 0 saturated carbocycles. The van der Waals surface area contributed by atoms with E-state index in [2.05, 4.69) is 33.0 Å². The lowest BCUT2D eigenvalue weighted by Gasteiger charge is -2.20. The van der Waals surface area contributed by atoms with Crippen LogP contribution in [0.5, 0.6) is 11.5 Å². The van der Waals surface area contributed by atoms with Crippen molar-refractivity contribution in [2.45, 2.75) is 39.5 Å². The largest absolute Gasteiger partial charge is 0.493 e. The summed E-state index contributed by atoms with van der Waals surface area (Å²) in [6.45, 7) is 7.78. The fraction of sp³-hybridized carbons (Fsp3) is 0.346. The highest BCUT2D eigenvalue weighted by atomic mass is 16.5. The van der Waals surface area contributed by atoms with Crippen LogP contribution in [0.2, 0.25) is 0 Å². The van der Waals surface area contributed by atoms with Crippen molar-refractivity contribution in [3.63, 3.8) is 0 Å². The second-order valence-corrected chi connectivity index (χ2v) is 7.97. The fourth-order valence-electron chi connectivity index (χ4n) is 3.24. The molecule has 7 nitrogen and oxygen atoms in total. The van der Waals surface area contributed by atoms with E-state index in [1.807, 2.05) is 24.3 Å². The monoisotopic (exact) mass is 450 g/mol. The number of carbonyl (C=O) groups is 2. The number of carbonyl (C=O) groups excluding carboxylic acids is 2. The summed E-state index contributed by atoms with van der Waals surface area (Å²) in [5, 5.41) is 11.5. The molecule has 0 bridgehead atoms. The molecule has 2 aromatic rings. The number of ether oxygens (including phenoxy) is 3. The normalized spacial score (nSPS) is 10.8. The molecular weight excluding hydrogens is 420 g/mol. The molecule has 7 heteroatoms. The number of benzene rings is 2. The van der Waals surface area contributed by atoms with Gasteiger partial charge in [-0.1, -0.05) is 52.0 Å². The molecule has 0 unspecified atom stereocenters. The minimum atomic E-state index is -0.643. The van der Waals surface area contributed by atoms with Crippen LogP contribution < -0.4 is 14.8 Å². The molecular formula is C26H30N2O5. The van der Waals surface area contributed by atoms with Crippen LogP contribution >= 0.6 is 0 Å². The number of hydrogen-bond acceptors (Lipinski definition) is 6. The zero-order valence-electron chi connectivity index (χ0n) is 19.7. The average Bonchev–Trinajstić information content (AvgIpc) is 2.79. The van der Waals surface area contributed by atoms with Crippen molar-refractivity contribution >= 4 is 23.6 Å².